The fourth-order valence-electron chi connectivity index (χ4n) is 3.54. The number of ether oxygens (including phenoxy) is 1. The lowest BCUT2D eigenvalue weighted by Crippen LogP contribution is -2.24. The van der Waals surface area contributed by atoms with Gasteiger partial charge in [-0.3, -0.25) is 0 Å². The van der Waals surface area contributed by atoms with Crippen molar-refractivity contribution in [1.29, 1.82) is 0 Å². The third-order valence-corrected chi connectivity index (χ3v) is 5.44. The van der Waals surface area contributed by atoms with E-state index in [0.29, 0.717) is 11.5 Å². The molecule has 0 fully saturated rings. The Bertz CT molecular complexity index is 1550. The van der Waals surface area contributed by atoms with Crippen LogP contribution in [0.3, 0.4) is 0 Å². The van der Waals surface area contributed by atoms with Crippen LogP contribution < -0.4 is 4.74 Å². The smallest absolute Gasteiger partial charge is 0.429 e. The van der Waals surface area contributed by atoms with E-state index in [1.165, 1.54) is 12.0 Å². The minimum absolute atomic E-state index is 0.159. The van der Waals surface area contributed by atoms with Crippen molar-refractivity contribution in [1.82, 2.24) is 0 Å². The maximum atomic E-state index is 15.0. The topological polar surface area (TPSA) is 9.23 Å². The first-order valence-corrected chi connectivity index (χ1v) is 11.1. The molecule has 4 aromatic rings. The minimum atomic E-state index is -4.98. The van der Waals surface area contributed by atoms with Crippen LogP contribution in [-0.4, -0.2) is 6.18 Å². The van der Waals surface area contributed by atoms with E-state index >= 15 is 0 Å². The minimum Gasteiger partial charge on any atom is -0.429 e. The van der Waals surface area contributed by atoms with Crippen LogP contribution >= 0.6 is 11.6 Å². The molecule has 0 amide bonds. The molecule has 0 unspecified atom stereocenters. The van der Waals surface area contributed by atoms with Gasteiger partial charge in [-0.05, 0) is 48.0 Å². The highest BCUT2D eigenvalue weighted by atomic mass is 35.5. The van der Waals surface area contributed by atoms with E-state index in [1.54, 1.807) is 19.1 Å². The third-order valence-electron chi connectivity index (χ3n) is 5.05. The molecule has 4 rings (SSSR count). The van der Waals surface area contributed by atoms with Crippen molar-refractivity contribution in [2.75, 3.05) is 0 Å². The molecular weight excluding hydrogens is 528 g/mol. The van der Waals surface area contributed by atoms with Gasteiger partial charge in [0.05, 0.1) is 10.6 Å². The van der Waals surface area contributed by atoms with Crippen molar-refractivity contribution in [3.8, 4) is 17.6 Å². The number of benzene rings is 4. The van der Waals surface area contributed by atoms with Crippen LogP contribution in [0, 0.1) is 36.2 Å². The van der Waals surface area contributed by atoms with Gasteiger partial charge < -0.3 is 4.74 Å². The Morgan fingerprint density at radius 3 is 2.03 bits per heavy atom. The maximum Gasteiger partial charge on any atom is 0.458 e. The molecule has 1 nitrogen and oxygen atoms in total. The van der Waals surface area contributed by atoms with E-state index in [4.69, 9.17) is 11.6 Å². The largest absolute Gasteiger partial charge is 0.458 e. The molecule has 0 radical (unpaired) electrons. The summed E-state index contributed by atoms with van der Waals surface area (Å²) in [5, 5.41) is -0.804. The number of alkyl halides is 5. The van der Waals surface area contributed by atoms with Gasteiger partial charge in [-0.25, -0.2) is 13.2 Å². The van der Waals surface area contributed by atoms with Crippen LogP contribution in [0.5, 0.6) is 5.75 Å². The summed E-state index contributed by atoms with van der Waals surface area (Å²) in [6.45, 7) is 5.73. The summed E-state index contributed by atoms with van der Waals surface area (Å²) < 4.78 is 115. The third kappa shape index (κ3) is 5.91. The summed E-state index contributed by atoms with van der Waals surface area (Å²) in [6.07, 6.45) is -9.27. The number of halogens is 9. The summed E-state index contributed by atoms with van der Waals surface area (Å²) >= 11 is 6.07. The second kappa shape index (κ2) is 10.5. The fourth-order valence-corrected chi connectivity index (χ4v) is 3.91. The van der Waals surface area contributed by atoms with E-state index in [1.807, 2.05) is 13.8 Å². The first kappa shape index (κ1) is 28.1. The number of hydrogen-bond donors (Lipinski definition) is 0. The van der Waals surface area contributed by atoms with Crippen LogP contribution in [-0.2, 0) is 6.11 Å². The lowest BCUT2D eigenvalue weighted by Gasteiger charge is -2.21. The summed E-state index contributed by atoms with van der Waals surface area (Å²) in [6, 6.07) is 8.72. The number of rotatable bonds is 3. The van der Waals surface area contributed by atoms with Gasteiger partial charge in [-0.2, -0.15) is 22.0 Å². The van der Waals surface area contributed by atoms with Gasteiger partial charge >= 0.3 is 12.3 Å². The molecule has 0 heterocycles. The molecule has 0 atom stereocenters. The summed E-state index contributed by atoms with van der Waals surface area (Å²) in [5.41, 5.74) is -1.60. The van der Waals surface area contributed by atoms with Crippen LogP contribution in [0.25, 0.3) is 21.5 Å². The molecule has 0 saturated heterocycles. The summed E-state index contributed by atoms with van der Waals surface area (Å²) in [4.78, 5) is 0. The summed E-state index contributed by atoms with van der Waals surface area (Å²) in [7, 11) is 0. The van der Waals surface area contributed by atoms with Crippen LogP contribution in [0.2, 0.25) is 5.02 Å². The lowest BCUT2D eigenvalue weighted by molar-refractivity contribution is -0.187. The van der Waals surface area contributed by atoms with E-state index in [9.17, 15) is 35.1 Å². The van der Waals surface area contributed by atoms with Gasteiger partial charge in [0.25, 0.3) is 0 Å². The fraction of sp³-hybridized carbons (Fsp3) is 0.185. The molecule has 10 heteroatoms. The Hall–Kier alpha value is -3.51. The highest BCUT2D eigenvalue weighted by Crippen LogP contribution is 2.42. The first-order chi connectivity index (χ1) is 17.3. The van der Waals surface area contributed by atoms with Crippen molar-refractivity contribution in [2.24, 2.45) is 0 Å². The molecule has 0 saturated carbocycles. The van der Waals surface area contributed by atoms with E-state index in [-0.39, 0.29) is 16.2 Å². The van der Waals surface area contributed by atoms with Crippen molar-refractivity contribution in [2.45, 2.75) is 33.1 Å². The van der Waals surface area contributed by atoms with Crippen LogP contribution in [0.1, 0.15) is 30.5 Å². The first-order valence-electron chi connectivity index (χ1n) is 10.7. The molecule has 0 bridgehead atoms. The standard InChI is InChI=1S/C25H11ClF8O.C2H6/c1-12-2-4-16-13(8-12)11-20(28)21(22(16)26)25(33,34)35-15-3-5-17-14(9-15)10-19(27)18(23(17)29)6-7-24(30,31)32;1-2/h2-5,8-11H,1H3;1-2H3. The normalized spacial score (nSPS) is 11.6. The predicted octanol–water partition coefficient (Wildman–Crippen LogP) is 9.44. The Labute approximate surface area is 211 Å². The van der Waals surface area contributed by atoms with Gasteiger partial charge in [-0.15, -0.1) is 0 Å². The Morgan fingerprint density at radius 1 is 0.784 bits per heavy atom. The monoisotopic (exact) mass is 544 g/mol. The van der Waals surface area contributed by atoms with Crippen LogP contribution in [0.4, 0.5) is 35.1 Å². The average molecular weight is 545 g/mol. The number of hydrogen-bond acceptors (Lipinski definition) is 1. The number of aryl methyl sites for hydroxylation is 1. The van der Waals surface area contributed by atoms with Gasteiger partial charge in [-0.1, -0.05) is 55.1 Å². The van der Waals surface area contributed by atoms with E-state index in [2.05, 4.69) is 4.74 Å². The predicted molar refractivity (Wildman–Crippen MR) is 126 cm³/mol. The highest BCUT2D eigenvalue weighted by Gasteiger charge is 2.41. The molecule has 37 heavy (non-hydrogen) atoms. The van der Waals surface area contributed by atoms with Crippen molar-refractivity contribution >= 4 is 33.1 Å². The molecule has 0 aromatic heterocycles. The zero-order valence-electron chi connectivity index (χ0n) is 19.4. The van der Waals surface area contributed by atoms with E-state index < -0.39 is 51.6 Å². The SMILES string of the molecule is CC.Cc1ccc2c(Cl)c(C(F)(F)Oc3ccc4c(F)c(C#CC(F)(F)F)c(F)cc4c3)c(F)cc2c1. The molecule has 0 aliphatic rings. The van der Waals surface area contributed by atoms with Crippen molar-refractivity contribution in [3.05, 3.63) is 87.7 Å². The van der Waals surface area contributed by atoms with E-state index in [0.717, 1.165) is 35.7 Å². The lowest BCUT2D eigenvalue weighted by atomic mass is 10.0. The zero-order chi connectivity index (χ0) is 27.7. The Balaban J connectivity index is 0.00000186. The summed E-state index contributed by atoms with van der Waals surface area (Å²) in [5.74, 6) is -2.62. The number of fused-ring (bicyclic) bond motifs is 2. The van der Waals surface area contributed by atoms with Gasteiger partial charge in [0.2, 0.25) is 0 Å². The molecule has 0 aliphatic heterocycles. The highest BCUT2D eigenvalue weighted by molar-refractivity contribution is 6.36. The molecule has 194 valence electrons. The average Bonchev–Trinajstić information content (AvgIpc) is 2.78. The van der Waals surface area contributed by atoms with Crippen molar-refractivity contribution in [3.63, 3.8) is 0 Å². The second-order valence-corrected chi connectivity index (χ2v) is 7.95. The van der Waals surface area contributed by atoms with Crippen LogP contribution in [0.15, 0.2) is 48.5 Å². The molecule has 0 N–H and O–H groups in total. The Kier molecular flexibility index (Phi) is 7.94. The second-order valence-electron chi connectivity index (χ2n) is 7.57. The van der Waals surface area contributed by atoms with Crippen molar-refractivity contribution < 1.29 is 39.9 Å². The zero-order valence-corrected chi connectivity index (χ0v) is 20.2. The molecular formula is C27H17ClF8O. The molecule has 0 aliphatic carbocycles. The maximum absolute atomic E-state index is 15.0. The molecule has 4 aromatic carbocycles. The van der Waals surface area contributed by atoms with Gasteiger partial charge in [0.1, 0.15) is 28.8 Å². The van der Waals surface area contributed by atoms with Gasteiger partial charge in [0, 0.05) is 16.7 Å². The quantitative estimate of drug-likeness (QED) is 0.184. The Morgan fingerprint density at radius 2 is 1.38 bits per heavy atom. The van der Waals surface area contributed by atoms with Gasteiger partial charge in [0.15, 0.2) is 0 Å². The molecule has 0 spiro atoms.